The average Bonchev–Trinajstić information content (AvgIpc) is 3.02. The Morgan fingerprint density at radius 3 is 2.71 bits per heavy atom. The van der Waals surface area contributed by atoms with Crippen LogP contribution in [0.15, 0.2) is 23.0 Å². The number of benzene rings is 1. The highest BCUT2D eigenvalue weighted by molar-refractivity contribution is 7.10. The summed E-state index contributed by atoms with van der Waals surface area (Å²) in [4.78, 5) is 27.6. The third-order valence-corrected chi connectivity index (χ3v) is 5.52. The number of nitriles is 1. The number of H-pyrrole nitrogens is 1. The number of halogens is 3. The number of nitrogens with zero attached hydrogens (tertiary/aromatic N) is 1. The lowest BCUT2D eigenvalue weighted by Crippen LogP contribution is -2.30. The van der Waals surface area contributed by atoms with Crippen molar-refractivity contribution >= 4 is 28.1 Å². The van der Waals surface area contributed by atoms with Crippen molar-refractivity contribution in [1.29, 1.82) is 5.26 Å². The van der Waals surface area contributed by atoms with Crippen LogP contribution in [0.25, 0.3) is 10.9 Å². The standard InChI is InChI=1S/C19H14F3N3O2S/c1-8-11(19(27)25-13-4-3-12(20)17(21)16(8)13)6-15(26)24-9(2)14-5-10(7-23)18(22)28-14/h3-5,9H,6H2,1-2H3,(H,24,26)(H,25,27). The Kier molecular flexibility index (Phi) is 5.25. The second kappa shape index (κ2) is 7.48. The summed E-state index contributed by atoms with van der Waals surface area (Å²) in [5, 5.41) is 10.7. The van der Waals surface area contributed by atoms with Crippen LogP contribution in [0.1, 0.15) is 34.5 Å². The summed E-state index contributed by atoms with van der Waals surface area (Å²) in [5.74, 6) is -2.70. The highest BCUT2D eigenvalue weighted by Gasteiger charge is 2.20. The minimum atomic E-state index is -1.10. The maximum Gasteiger partial charge on any atom is 0.252 e. The van der Waals surface area contributed by atoms with E-state index in [0.717, 1.165) is 17.4 Å². The van der Waals surface area contributed by atoms with Gasteiger partial charge in [0.2, 0.25) is 5.91 Å². The van der Waals surface area contributed by atoms with Crippen molar-refractivity contribution in [2.24, 2.45) is 0 Å². The van der Waals surface area contributed by atoms with E-state index in [1.807, 2.05) is 0 Å². The second-order valence-electron chi connectivity index (χ2n) is 6.26. The van der Waals surface area contributed by atoms with Gasteiger partial charge in [-0.25, -0.2) is 8.78 Å². The monoisotopic (exact) mass is 405 g/mol. The lowest BCUT2D eigenvalue weighted by atomic mass is 10.0. The molecular weight excluding hydrogens is 391 g/mol. The molecule has 2 heterocycles. The molecule has 0 fully saturated rings. The molecular formula is C19H14F3N3O2S. The number of hydrogen-bond acceptors (Lipinski definition) is 4. The maximum atomic E-state index is 14.2. The van der Waals surface area contributed by atoms with Crippen molar-refractivity contribution in [2.45, 2.75) is 26.3 Å². The summed E-state index contributed by atoms with van der Waals surface area (Å²) in [5.41, 5.74) is -0.366. The van der Waals surface area contributed by atoms with Crippen molar-refractivity contribution < 1.29 is 18.0 Å². The molecule has 3 aromatic rings. The molecule has 1 amide bonds. The van der Waals surface area contributed by atoms with E-state index in [0.29, 0.717) is 4.88 Å². The topological polar surface area (TPSA) is 85.8 Å². The van der Waals surface area contributed by atoms with E-state index in [-0.39, 0.29) is 34.0 Å². The molecule has 0 aliphatic rings. The zero-order valence-electron chi connectivity index (χ0n) is 14.8. The van der Waals surface area contributed by atoms with Gasteiger partial charge in [0.15, 0.2) is 16.8 Å². The van der Waals surface area contributed by atoms with Crippen LogP contribution in [0, 0.1) is 35.0 Å². The van der Waals surface area contributed by atoms with E-state index >= 15 is 0 Å². The SMILES string of the molecule is Cc1c(CC(=O)NC(C)c2cc(C#N)c(F)s2)c(=O)[nH]c2ccc(F)c(F)c12. The van der Waals surface area contributed by atoms with E-state index in [1.54, 1.807) is 13.0 Å². The van der Waals surface area contributed by atoms with Gasteiger partial charge in [-0.2, -0.15) is 9.65 Å². The van der Waals surface area contributed by atoms with Gasteiger partial charge in [0.1, 0.15) is 6.07 Å². The molecule has 0 radical (unpaired) electrons. The number of thiophene rings is 1. The Balaban J connectivity index is 1.87. The summed E-state index contributed by atoms with van der Waals surface area (Å²) in [6, 6.07) is 4.64. The maximum absolute atomic E-state index is 14.2. The second-order valence-corrected chi connectivity index (χ2v) is 7.29. The number of amides is 1. The van der Waals surface area contributed by atoms with Gasteiger partial charge in [0.05, 0.1) is 23.5 Å². The molecule has 1 unspecified atom stereocenters. The quantitative estimate of drug-likeness (QED) is 0.695. The van der Waals surface area contributed by atoms with Crippen LogP contribution in [-0.4, -0.2) is 10.9 Å². The summed E-state index contributed by atoms with van der Waals surface area (Å²) in [6.07, 6.45) is -0.365. The first-order valence-corrected chi connectivity index (χ1v) is 9.02. The van der Waals surface area contributed by atoms with Gasteiger partial charge in [-0.15, -0.1) is 11.3 Å². The normalized spacial score (nSPS) is 12.0. The van der Waals surface area contributed by atoms with Crippen LogP contribution in [-0.2, 0) is 11.2 Å². The predicted molar refractivity (Wildman–Crippen MR) is 98.5 cm³/mol. The Morgan fingerprint density at radius 2 is 2.07 bits per heavy atom. The molecule has 0 aliphatic carbocycles. The van der Waals surface area contributed by atoms with Crippen molar-refractivity contribution in [2.75, 3.05) is 0 Å². The summed E-state index contributed by atoms with van der Waals surface area (Å²) in [7, 11) is 0. The molecule has 5 nitrogen and oxygen atoms in total. The van der Waals surface area contributed by atoms with E-state index in [9.17, 15) is 22.8 Å². The summed E-state index contributed by atoms with van der Waals surface area (Å²) >= 11 is 0.744. The predicted octanol–water partition coefficient (Wildman–Crippen LogP) is 3.61. The number of pyridine rings is 1. The Morgan fingerprint density at radius 1 is 1.36 bits per heavy atom. The summed E-state index contributed by atoms with van der Waals surface area (Å²) < 4.78 is 41.3. The molecule has 0 spiro atoms. The molecule has 0 saturated heterocycles. The van der Waals surface area contributed by atoms with Crippen LogP contribution in [0.4, 0.5) is 13.2 Å². The molecule has 28 heavy (non-hydrogen) atoms. The van der Waals surface area contributed by atoms with Gasteiger partial charge in [-0.05, 0) is 37.6 Å². The zero-order chi connectivity index (χ0) is 20.6. The molecule has 1 atom stereocenters. The molecule has 3 rings (SSSR count). The highest BCUT2D eigenvalue weighted by atomic mass is 32.1. The van der Waals surface area contributed by atoms with Gasteiger partial charge in [-0.1, -0.05) is 0 Å². The van der Waals surface area contributed by atoms with Gasteiger partial charge >= 0.3 is 0 Å². The average molecular weight is 405 g/mol. The van der Waals surface area contributed by atoms with E-state index < -0.39 is 34.3 Å². The third-order valence-electron chi connectivity index (χ3n) is 4.41. The van der Waals surface area contributed by atoms with Crippen LogP contribution < -0.4 is 10.9 Å². The minimum absolute atomic E-state index is 0.0109. The number of aromatic amines is 1. The fourth-order valence-electron chi connectivity index (χ4n) is 2.95. The number of aromatic nitrogens is 1. The first kappa shape index (κ1) is 19.6. The number of aryl methyl sites for hydroxylation is 1. The first-order chi connectivity index (χ1) is 13.2. The largest absolute Gasteiger partial charge is 0.348 e. The van der Waals surface area contributed by atoms with Crippen molar-refractivity contribution in [3.8, 4) is 6.07 Å². The lowest BCUT2D eigenvalue weighted by Gasteiger charge is -2.14. The fourth-order valence-corrected chi connectivity index (χ4v) is 3.79. The minimum Gasteiger partial charge on any atom is -0.348 e. The Bertz CT molecular complexity index is 1190. The first-order valence-electron chi connectivity index (χ1n) is 8.21. The molecule has 2 N–H and O–H groups in total. The van der Waals surface area contributed by atoms with Crippen molar-refractivity contribution in [1.82, 2.24) is 10.3 Å². The molecule has 0 saturated carbocycles. The van der Waals surface area contributed by atoms with Crippen LogP contribution >= 0.6 is 11.3 Å². The molecule has 1 aromatic carbocycles. The zero-order valence-corrected chi connectivity index (χ0v) is 15.6. The van der Waals surface area contributed by atoms with Gasteiger partial charge in [0.25, 0.3) is 5.56 Å². The van der Waals surface area contributed by atoms with Crippen LogP contribution in [0.5, 0.6) is 0 Å². The third kappa shape index (κ3) is 3.51. The molecule has 0 aliphatic heterocycles. The number of rotatable bonds is 4. The summed E-state index contributed by atoms with van der Waals surface area (Å²) in [6.45, 7) is 3.05. The molecule has 9 heteroatoms. The smallest absolute Gasteiger partial charge is 0.252 e. The van der Waals surface area contributed by atoms with Crippen LogP contribution in [0.2, 0.25) is 0 Å². The van der Waals surface area contributed by atoms with Crippen LogP contribution in [0.3, 0.4) is 0 Å². The van der Waals surface area contributed by atoms with E-state index in [4.69, 9.17) is 5.26 Å². The Labute approximate surface area is 161 Å². The highest BCUT2D eigenvalue weighted by Crippen LogP contribution is 2.26. The van der Waals surface area contributed by atoms with Gasteiger partial charge < -0.3 is 10.3 Å². The number of fused-ring (bicyclic) bond motifs is 1. The fraction of sp³-hybridized carbons (Fsp3) is 0.211. The number of nitrogens with one attached hydrogen (secondary N) is 2. The number of hydrogen-bond donors (Lipinski definition) is 2. The number of carbonyl (C=O) groups is 1. The van der Waals surface area contributed by atoms with Crippen molar-refractivity contribution in [3.05, 3.63) is 66.9 Å². The lowest BCUT2D eigenvalue weighted by molar-refractivity contribution is -0.121. The molecule has 2 aromatic heterocycles. The number of carbonyl (C=O) groups excluding carboxylic acids is 1. The van der Waals surface area contributed by atoms with Crippen molar-refractivity contribution in [3.63, 3.8) is 0 Å². The van der Waals surface area contributed by atoms with Gasteiger partial charge in [-0.3, -0.25) is 9.59 Å². The molecule has 0 bridgehead atoms. The van der Waals surface area contributed by atoms with E-state index in [2.05, 4.69) is 10.3 Å². The molecule has 144 valence electrons. The van der Waals surface area contributed by atoms with Gasteiger partial charge in [0, 0.05) is 15.8 Å². The Hall–Kier alpha value is -3.12. The van der Waals surface area contributed by atoms with E-state index in [1.165, 1.54) is 19.1 Å².